The van der Waals surface area contributed by atoms with Crippen molar-refractivity contribution in [3.63, 3.8) is 0 Å². The monoisotopic (exact) mass is 314 g/mol. The zero-order valence-corrected chi connectivity index (χ0v) is 13.4. The number of ether oxygens (including phenoxy) is 2. The summed E-state index contributed by atoms with van der Waals surface area (Å²) < 4.78 is 10.7. The summed E-state index contributed by atoms with van der Waals surface area (Å²) in [6.07, 6.45) is 5.35. The predicted molar refractivity (Wildman–Crippen MR) is 82.1 cm³/mol. The molecule has 0 amide bonds. The highest BCUT2D eigenvalue weighted by Gasteiger charge is 2.54. The molecule has 2 nitrogen and oxygen atoms in total. The first-order valence-corrected chi connectivity index (χ1v) is 8.05. The summed E-state index contributed by atoms with van der Waals surface area (Å²) in [5.74, 6) is 3.48. The summed E-state index contributed by atoms with van der Waals surface area (Å²) in [7, 11) is 3.24. The minimum atomic E-state index is -0.0125. The lowest BCUT2D eigenvalue weighted by Gasteiger charge is -2.17. The van der Waals surface area contributed by atoms with Gasteiger partial charge >= 0.3 is 0 Å². The summed E-state index contributed by atoms with van der Waals surface area (Å²) >= 11 is 13.1. The standard InChI is InChI=1S/C16H20Cl2O2/c1-19-12-8-7-11(16(20-2)15(12)18)14(17)13-9-5-3-4-6-10(9)13/h7-10,13-14H,3-6H2,1-2H3. The number of hydrogen-bond acceptors (Lipinski definition) is 2. The van der Waals surface area contributed by atoms with Gasteiger partial charge in [-0.05, 0) is 36.7 Å². The lowest BCUT2D eigenvalue weighted by Crippen LogP contribution is -2.01. The molecule has 0 heterocycles. The first-order chi connectivity index (χ1) is 9.69. The SMILES string of the molecule is COc1ccc(C(Cl)C2C3CCCCC32)c(OC)c1Cl. The minimum Gasteiger partial charge on any atom is -0.495 e. The zero-order chi connectivity index (χ0) is 14.3. The van der Waals surface area contributed by atoms with Gasteiger partial charge in [-0.15, -0.1) is 11.6 Å². The summed E-state index contributed by atoms with van der Waals surface area (Å²) in [5.41, 5.74) is 0.999. The highest BCUT2D eigenvalue weighted by Crippen LogP contribution is 2.63. The van der Waals surface area contributed by atoms with Crippen LogP contribution in [0, 0.1) is 17.8 Å². The van der Waals surface area contributed by atoms with Crippen molar-refractivity contribution in [2.75, 3.05) is 14.2 Å². The van der Waals surface area contributed by atoms with Gasteiger partial charge in [-0.3, -0.25) is 0 Å². The molecule has 0 aliphatic heterocycles. The van der Waals surface area contributed by atoms with E-state index in [4.69, 9.17) is 32.7 Å². The summed E-state index contributed by atoms with van der Waals surface area (Å²) in [4.78, 5) is 0. The van der Waals surface area contributed by atoms with Crippen LogP contribution in [0.15, 0.2) is 12.1 Å². The van der Waals surface area contributed by atoms with Crippen molar-refractivity contribution in [1.29, 1.82) is 0 Å². The number of benzene rings is 1. The number of halogens is 2. The summed E-state index contributed by atoms with van der Waals surface area (Å²) in [6.45, 7) is 0. The summed E-state index contributed by atoms with van der Waals surface area (Å²) in [6, 6.07) is 3.87. The van der Waals surface area contributed by atoms with Crippen LogP contribution < -0.4 is 9.47 Å². The molecular formula is C16H20Cl2O2. The Balaban J connectivity index is 1.88. The number of fused-ring (bicyclic) bond motifs is 1. The van der Waals surface area contributed by atoms with Crippen molar-refractivity contribution >= 4 is 23.2 Å². The molecule has 3 unspecified atom stereocenters. The van der Waals surface area contributed by atoms with Gasteiger partial charge in [-0.1, -0.05) is 30.5 Å². The smallest absolute Gasteiger partial charge is 0.145 e. The fraction of sp³-hybridized carbons (Fsp3) is 0.625. The van der Waals surface area contributed by atoms with Crippen LogP contribution in [0.5, 0.6) is 11.5 Å². The van der Waals surface area contributed by atoms with Crippen LogP contribution in [0.2, 0.25) is 5.02 Å². The first-order valence-electron chi connectivity index (χ1n) is 7.23. The molecule has 1 aromatic rings. The van der Waals surface area contributed by atoms with E-state index >= 15 is 0 Å². The highest BCUT2D eigenvalue weighted by atomic mass is 35.5. The molecule has 2 aliphatic rings. The van der Waals surface area contributed by atoms with Gasteiger partial charge in [0.2, 0.25) is 0 Å². The molecule has 0 bridgehead atoms. The molecule has 0 spiro atoms. The number of rotatable bonds is 4. The maximum atomic E-state index is 6.75. The topological polar surface area (TPSA) is 18.5 Å². The van der Waals surface area contributed by atoms with Crippen molar-refractivity contribution in [1.82, 2.24) is 0 Å². The first kappa shape index (κ1) is 14.3. The Morgan fingerprint density at radius 2 is 1.75 bits per heavy atom. The van der Waals surface area contributed by atoms with E-state index < -0.39 is 0 Å². The second kappa shape index (κ2) is 5.65. The third-order valence-electron chi connectivity index (χ3n) is 4.87. The van der Waals surface area contributed by atoms with E-state index in [1.54, 1.807) is 14.2 Å². The van der Waals surface area contributed by atoms with Crippen LogP contribution in [0.4, 0.5) is 0 Å². The third kappa shape index (κ3) is 2.27. The van der Waals surface area contributed by atoms with E-state index in [0.717, 1.165) is 17.4 Å². The molecule has 0 N–H and O–H groups in total. The maximum absolute atomic E-state index is 6.75. The Labute approximate surface area is 130 Å². The van der Waals surface area contributed by atoms with E-state index in [1.807, 2.05) is 12.1 Å². The fourth-order valence-electron chi connectivity index (χ4n) is 3.82. The molecule has 2 aliphatic carbocycles. The van der Waals surface area contributed by atoms with E-state index in [2.05, 4.69) is 0 Å². The molecular weight excluding hydrogens is 295 g/mol. The third-order valence-corrected chi connectivity index (χ3v) is 5.76. The fourth-order valence-corrected chi connectivity index (χ4v) is 4.70. The van der Waals surface area contributed by atoms with Gasteiger partial charge in [0.25, 0.3) is 0 Å². The molecule has 110 valence electrons. The van der Waals surface area contributed by atoms with Crippen molar-refractivity contribution in [3.05, 3.63) is 22.7 Å². The number of hydrogen-bond donors (Lipinski definition) is 0. The summed E-state index contributed by atoms with van der Waals surface area (Å²) in [5, 5.41) is 0.503. The van der Waals surface area contributed by atoms with Gasteiger partial charge in [0.15, 0.2) is 0 Å². The largest absolute Gasteiger partial charge is 0.495 e. The Morgan fingerprint density at radius 3 is 2.30 bits per heavy atom. The Kier molecular flexibility index (Phi) is 4.05. The van der Waals surface area contributed by atoms with Crippen LogP contribution in [0.25, 0.3) is 0 Å². The van der Waals surface area contributed by atoms with Crippen LogP contribution in [-0.4, -0.2) is 14.2 Å². The van der Waals surface area contributed by atoms with Gasteiger partial charge in [0.05, 0.1) is 19.6 Å². The number of alkyl halides is 1. The van der Waals surface area contributed by atoms with Crippen molar-refractivity contribution in [2.45, 2.75) is 31.1 Å². The predicted octanol–water partition coefficient (Wildman–Crippen LogP) is 5.07. The molecule has 0 radical (unpaired) electrons. The highest BCUT2D eigenvalue weighted by molar-refractivity contribution is 6.34. The quantitative estimate of drug-likeness (QED) is 0.722. The van der Waals surface area contributed by atoms with Crippen molar-refractivity contribution < 1.29 is 9.47 Å². The average molecular weight is 315 g/mol. The van der Waals surface area contributed by atoms with Crippen molar-refractivity contribution in [2.24, 2.45) is 17.8 Å². The Bertz CT molecular complexity index is 491. The van der Waals surface area contributed by atoms with E-state index in [9.17, 15) is 0 Å². The average Bonchev–Trinajstić information content (AvgIpc) is 3.20. The zero-order valence-electron chi connectivity index (χ0n) is 11.9. The van der Waals surface area contributed by atoms with Crippen LogP contribution >= 0.6 is 23.2 Å². The number of methoxy groups -OCH3 is 2. The van der Waals surface area contributed by atoms with Crippen molar-refractivity contribution in [3.8, 4) is 11.5 Å². The lowest BCUT2D eigenvalue weighted by atomic mass is 10.0. The molecule has 0 aromatic heterocycles. The van der Waals surface area contributed by atoms with E-state index in [0.29, 0.717) is 22.4 Å². The molecule has 3 atom stereocenters. The van der Waals surface area contributed by atoms with E-state index in [1.165, 1.54) is 25.7 Å². The normalized spacial score (nSPS) is 29.5. The molecule has 3 rings (SSSR count). The van der Waals surface area contributed by atoms with Gasteiger partial charge in [0, 0.05) is 5.56 Å². The Hall–Kier alpha value is -0.600. The second-order valence-electron chi connectivity index (χ2n) is 5.80. The molecule has 0 saturated heterocycles. The molecule has 4 heteroatoms. The lowest BCUT2D eigenvalue weighted by molar-refractivity contribution is 0.390. The van der Waals surface area contributed by atoms with Gasteiger partial charge in [-0.25, -0.2) is 0 Å². The van der Waals surface area contributed by atoms with Crippen LogP contribution in [0.3, 0.4) is 0 Å². The van der Waals surface area contributed by atoms with Gasteiger partial charge in [-0.2, -0.15) is 0 Å². The molecule has 1 aromatic carbocycles. The van der Waals surface area contributed by atoms with Gasteiger partial charge in [0.1, 0.15) is 16.5 Å². The van der Waals surface area contributed by atoms with Gasteiger partial charge < -0.3 is 9.47 Å². The molecule has 2 fully saturated rings. The van der Waals surface area contributed by atoms with E-state index in [-0.39, 0.29) is 5.38 Å². The maximum Gasteiger partial charge on any atom is 0.145 e. The van der Waals surface area contributed by atoms with Crippen LogP contribution in [0.1, 0.15) is 36.6 Å². The molecule has 2 saturated carbocycles. The Morgan fingerprint density at radius 1 is 1.10 bits per heavy atom. The molecule has 20 heavy (non-hydrogen) atoms. The second-order valence-corrected chi connectivity index (χ2v) is 6.64. The minimum absolute atomic E-state index is 0.0125. The van der Waals surface area contributed by atoms with Crippen LogP contribution in [-0.2, 0) is 0 Å².